The molecular formula is C57H83N5O18. The zero-order valence-corrected chi connectivity index (χ0v) is 47.9. The Morgan fingerprint density at radius 1 is 0.887 bits per heavy atom. The Morgan fingerprint density at radius 3 is 2.09 bits per heavy atom. The van der Waals surface area contributed by atoms with Gasteiger partial charge in [-0.15, -0.1) is 12.3 Å². The lowest BCUT2D eigenvalue weighted by Crippen LogP contribution is -2.61. The van der Waals surface area contributed by atoms with Crippen LogP contribution >= 0.6 is 0 Å². The molecule has 16 atom stereocenters. The van der Waals surface area contributed by atoms with Gasteiger partial charge in [0.05, 0.1) is 48.2 Å². The fraction of sp³-hybridized carbons (Fsp3) is 0.649. The van der Waals surface area contributed by atoms with Crippen LogP contribution < -0.4 is 10.1 Å². The number of hydrogen-bond acceptors (Lipinski definition) is 17. The van der Waals surface area contributed by atoms with Gasteiger partial charge in [0.2, 0.25) is 24.0 Å². The number of carbonyl (C=O) groups is 6. The number of Topliss-reactive ketones (excluding diaryl/α,β-unsaturated/α-hetero) is 1. The van der Waals surface area contributed by atoms with Crippen LogP contribution in [-0.2, 0) is 42.9 Å². The maximum atomic E-state index is 14.8. The van der Waals surface area contributed by atoms with Crippen LogP contribution in [0.5, 0.6) is 5.75 Å². The SMILES string of the molecule is C#CC[C@H](OC(=O)N(C)[C@H](C(=O)N[C@H](C(=O)N(C)[C@@H]([C@@H](C)CC)[C@@H](CC(=O)N1CCC[C@H]1[C@H](OC)[C@@H](C)C(=O)C[C@H](C)[C@@H](O)c1ccccc1)OC)C(C)C)C(C)C)c1ccc(O[C@@H]2O[C@H](C(=O)O)[C@@H](O)[C@H](O)[C@H]2O)c([N+](=O)[O-])c1. The van der Waals surface area contributed by atoms with E-state index in [1.165, 1.54) is 32.2 Å². The zero-order chi connectivity index (χ0) is 60.0. The Hall–Kier alpha value is -6.26. The summed E-state index contributed by atoms with van der Waals surface area (Å²) in [7, 11) is 5.89. The van der Waals surface area contributed by atoms with Gasteiger partial charge in [-0.3, -0.25) is 34.2 Å². The third-order valence-corrected chi connectivity index (χ3v) is 15.5. The predicted octanol–water partition coefficient (Wildman–Crippen LogP) is 4.41. The highest BCUT2D eigenvalue weighted by Gasteiger charge is 2.49. The second kappa shape index (κ2) is 30.0. The number of methoxy groups -OCH3 is 2. The van der Waals surface area contributed by atoms with Crippen molar-refractivity contribution in [2.45, 2.75) is 173 Å². The van der Waals surface area contributed by atoms with Crippen LogP contribution in [0.25, 0.3) is 0 Å². The summed E-state index contributed by atoms with van der Waals surface area (Å²) in [5, 5.41) is 66.3. The molecule has 4 amide bonds. The predicted molar refractivity (Wildman–Crippen MR) is 290 cm³/mol. The number of nitro groups is 1. The number of terminal acetylenes is 1. The summed E-state index contributed by atoms with van der Waals surface area (Å²) >= 11 is 0. The fourth-order valence-electron chi connectivity index (χ4n) is 10.7. The van der Waals surface area contributed by atoms with Gasteiger partial charge in [0.15, 0.2) is 11.9 Å². The largest absolute Gasteiger partial charge is 0.479 e. The number of nitro benzene ring substituents is 1. The standard InChI is InChI=1S/C57H83N5O18/c1-14-20-40(36-24-25-41(38(28-36)62(74)75)78-56-50(68)48(66)49(67)52(80-56)55(71)72)79-57(73)60(11)45(31(5)6)53(69)58-44(30(3)4)54(70)59(10)46(32(7)15-2)42(76-12)29-43(64)61-26-19-23-37(61)51(77-13)34(9)39(63)27-33(8)47(65)35-21-17-16-18-22-35/h1,16-18,21-22,24-25,28,30-34,37,40,42,44-52,56,65-68H,15,19-20,23,26-27,29H2,2-13H3,(H,58,69)(H,71,72)/t32-,33-,34-,37-,40-,42+,44-,45-,46-,47+,48-,49-,50+,51+,52-,56+/m0/s1. The quantitative estimate of drug-likeness (QED) is 0.0390. The van der Waals surface area contributed by atoms with Crippen molar-refractivity contribution in [1.29, 1.82) is 0 Å². The molecule has 2 aromatic carbocycles. The molecule has 0 unspecified atom stereocenters. The molecule has 0 aliphatic carbocycles. The molecule has 2 aromatic rings. The Morgan fingerprint density at radius 2 is 1.54 bits per heavy atom. The Balaban J connectivity index is 1.50. The van der Waals surface area contributed by atoms with Crippen molar-refractivity contribution < 1.29 is 82.9 Å². The molecular weight excluding hydrogens is 1040 g/mol. The molecule has 444 valence electrons. The van der Waals surface area contributed by atoms with Crippen molar-refractivity contribution >= 4 is 41.3 Å². The van der Waals surface area contributed by atoms with Crippen LogP contribution in [-0.4, -0.2) is 183 Å². The number of nitrogens with one attached hydrogen (secondary N) is 1. The van der Waals surface area contributed by atoms with Gasteiger partial charge >= 0.3 is 17.7 Å². The van der Waals surface area contributed by atoms with E-state index in [1.807, 2.05) is 51.1 Å². The number of aliphatic hydroxyl groups excluding tert-OH is 4. The Labute approximate surface area is 468 Å². The van der Waals surface area contributed by atoms with Crippen LogP contribution in [0.2, 0.25) is 0 Å². The van der Waals surface area contributed by atoms with Gasteiger partial charge in [-0.25, -0.2) is 9.59 Å². The summed E-state index contributed by atoms with van der Waals surface area (Å²) in [5.41, 5.74) is -0.0428. The number of rotatable bonds is 28. The van der Waals surface area contributed by atoms with E-state index >= 15 is 0 Å². The van der Waals surface area contributed by atoms with Gasteiger partial charge in [0, 0.05) is 58.8 Å². The summed E-state index contributed by atoms with van der Waals surface area (Å²) in [5.74, 6) is -3.66. The second-order valence-corrected chi connectivity index (χ2v) is 21.7. The number of amides is 4. The third-order valence-electron chi connectivity index (χ3n) is 15.5. The van der Waals surface area contributed by atoms with Crippen molar-refractivity contribution in [2.24, 2.45) is 29.6 Å². The number of likely N-dealkylation sites (tertiary alicyclic amines) is 1. The molecule has 2 aliphatic heterocycles. The Bertz CT molecular complexity index is 2470. The van der Waals surface area contributed by atoms with Gasteiger partial charge in [0.25, 0.3) is 0 Å². The molecule has 0 bridgehead atoms. The molecule has 2 fully saturated rings. The van der Waals surface area contributed by atoms with Crippen molar-refractivity contribution in [3.63, 3.8) is 0 Å². The Kier molecular flexibility index (Phi) is 24.8. The second-order valence-electron chi connectivity index (χ2n) is 21.7. The fourth-order valence-corrected chi connectivity index (χ4v) is 10.7. The van der Waals surface area contributed by atoms with Gasteiger partial charge in [-0.1, -0.05) is 98.2 Å². The molecule has 0 radical (unpaired) electrons. The highest BCUT2D eigenvalue weighted by molar-refractivity contribution is 5.92. The first-order chi connectivity index (χ1) is 37.7. The third kappa shape index (κ3) is 16.0. The molecule has 2 heterocycles. The van der Waals surface area contributed by atoms with E-state index in [0.29, 0.717) is 31.4 Å². The van der Waals surface area contributed by atoms with Crippen molar-refractivity contribution in [3.05, 3.63) is 69.8 Å². The summed E-state index contributed by atoms with van der Waals surface area (Å²) in [6.07, 6.45) is -7.63. The van der Waals surface area contributed by atoms with E-state index in [2.05, 4.69) is 11.2 Å². The van der Waals surface area contributed by atoms with Crippen molar-refractivity contribution in [2.75, 3.05) is 34.9 Å². The number of ether oxygens (including phenoxy) is 5. The minimum absolute atomic E-state index is 0.00170. The number of aliphatic hydroxyl groups is 4. The van der Waals surface area contributed by atoms with Crippen molar-refractivity contribution in [3.8, 4) is 18.1 Å². The molecule has 80 heavy (non-hydrogen) atoms. The van der Waals surface area contributed by atoms with Crippen LogP contribution in [0.15, 0.2) is 48.5 Å². The van der Waals surface area contributed by atoms with Gasteiger partial charge < -0.3 is 64.3 Å². The summed E-state index contributed by atoms with van der Waals surface area (Å²) in [4.78, 5) is 98.7. The zero-order valence-electron chi connectivity index (χ0n) is 47.9. The first-order valence-corrected chi connectivity index (χ1v) is 27.1. The molecule has 2 aliphatic rings. The first kappa shape index (κ1) is 66.3. The van der Waals surface area contributed by atoms with E-state index < -0.39 is 137 Å². The van der Waals surface area contributed by atoms with Gasteiger partial charge in [0.1, 0.15) is 42.3 Å². The number of carbonyl (C=O) groups excluding carboxylic acids is 5. The van der Waals surface area contributed by atoms with Crippen LogP contribution in [0.3, 0.4) is 0 Å². The molecule has 0 aromatic heterocycles. The molecule has 0 spiro atoms. The maximum Gasteiger partial charge on any atom is 0.410 e. The number of carboxylic acid groups (broad SMARTS) is 1. The van der Waals surface area contributed by atoms with E-state index in [4.69, 9.17) is 30.1 Å². The number of aliphatic carboxylic acids is 1. The lowest BCUT2D eigenvalue weighted by molar-refractivity contribution is -0.387. The smallest absolute Gasteiger partial charge is 0.410 e. The first-order valence-electron chi connectivity index (χ1n) is 27.1. The topological polar surface area (TPSA) is 315 Å². The maximum absolute atomic E-state index is 14.8. The average Bonchev–Trinajstić information content (AvgIpc) is 3.91. The van der Waals surface area contributed by atoms with E-state index in [-0.39, 0.29) is 48.4 Å². The molecule has 6 N–H and O–H groups in total. The minimum atomic E-state index is -2.05. The van der Waals surface area contributed by atoms with Crippen LogP contribution in [0.1, 0.15) is 117 Å². The molecule has 0 saturated carbocycles. The number of benzene rings is 2. The lowest BCUT2D eigenvalue weighted by atomic mass is 9.85. The summed E-state index contributed by atoms with van der Waals surface area (Å²) < 4.78 is 28.4. The van der Waals surface area contributed by atoms with Gasteiger partial charge in [-0.05, 0) is 48.1 Å². The highest BCUT2D eigenvalue weighted by atomic mass is 16.7. The number of nitrogens with zero attached hydrogens (tertiary/aromatic N) is 4. The van der Waals surface area contributed by atoms with E-state index in [1.54, 1.807) is 46.6 Å². The van der Waals surface area contributed by atoms with Gasteiger partial charge in [-0.2, -0.15) is 0 Å². The van der Waals surface area contributed by atoms with E-state index in [9.17, 15) is 64.4 Å². The molecule has 2 saturated heterocycles. The number of ketones is 1. The number of carboxylic acids is 1. The normalized spacial score (nSPS) is 23.0. The molecule has 4 rings (SSSR count). The monoisotopic (exact) mass is 1130 g/mol. The van der Waals surface area contributed by atoms with E-state index in [0.717, 1.165) is 17.0 Å². The average molecular weight is 1130 g/mol. The number of hydrogen-bond donors (Lipinski definition) is 6. The molecule has 23 nitrogen and oxygen atoms in total. The number of likely N-dealkylation sites (N-methyl/N-ethyl adjacent to an activating group) is 2. The molecule has 23 heteroatoms. The lowest BCUT2D eigenvalue weighted by Gasteiger charge is -2.41. The van der Waals surface area contributed by atoms with Crippen molar-refractivity contribution in [1.82, 2.24) is 20.0 Å². The summed E-state index contributed by atoms with van der Waals surface area (Å²) in [6.45, 7) is 14.8. The minimum Gasteiger partial charge on any atom is -0.479 e. The van der Waals surface area contributed by atoms with Crippen LogP contribution in [0, 0.1) is 52.0 Å². The summed E-state index contributed by atoms with van der Waals surface area (Å²) in [6, 6.07) is 8.94. The highest BCUT2D eigenvalue weighted by Crippen LogP contribution is 2.37. The van der Waals surface area contributed by atoms with Crippen LogP contribution in [0.4, 0.5) is 10.5 Å².